The van der Waals surface area contributed by atoms with E-state index in [-0.39, 0.29) is 11.3 Å². The van der Waals surface area contributed by atoms with Gasteiger partial charge in [-0.2, -0.15) is 4.72 Å². The van der Waals surface area contributed by atoms with E-state index in [0.717, 1.165) is 0 Å². The summed E-state index contributed by atoms with van der Waals surface area (Å²) in [5, 5.41) is 9.73. The van der Waals surface area contributed by atoms with Gasteiger partial charge in [0.15, 0.2) is 0 Å². The Morgan fingerprint density at radius 2 is 2.10 bits per heavy atom. The minimum atomic E-state index is -3.91. The molecule has 0 spiro atoms. The van der Waals surface area contributed by atoms with Crippen molar-refractivity contribution in [1.29, 1.82) is 0 Å². The quantitative estimate of drug-likeness (QED) is 0.847. The van der Waals surface area contributed by atoms with Crippen LogP contribution in [0.2, 0.25) is 0 Å². The van der Waals surface area contributed by atoms with E-state index < -0.39 is 22.0 Å². The molecule has 0 radical (unpaired) electrons. The molecule has 1 unspecified atom stereocenters. The highest BCUT2D eigenvalue weighted by Gasteiger charge is 2.25. The Morgan fingerprint density at radius 3 is 2.76 bits per heavy atom. The number of sulfonamides is 1. The van der Waals surface area contributed by atoms with E-state index in [0.29, 0.717) is 17.3 Å². The third kappa shape index (κ3) is 3.56. The predicted octanol–water partition coefficient (Wildman–Crippen LogP) is 1.77. The molecule has 0 aliphatic rings. The van der Waals surface area contributed by atoms with Gasteiger partial charge in [-0.3, -0.25) is 9.78 Å². The van der Waals surface area contributed by atoms with Crippen molar-refractivity contribution in [1.82, 2.24) is 9.71 Å². The molecule has 112 valence electrons. The molecule has 0 aliphatic heterocycles. The summed E-state index contributed by atoms with van der Waals surface area (Å²) in [6.07, 6.45) is 2.03. The minimum Gasteiger partial charge on any atom is -0.480 e. The molecule has 1 aromatic heterocycles. The van der Waals surface area contributed by atoms with E-state index in [1.165, 1.54) is 12.3 Å². The van der Waals surface area contributed by atoms with Crippen molar-refractivity contribution in [2.75, 3.05) is 0 Å². The molecule has 2 aromatic rings. The first kappa shape index (κ1) is 15.4. The normalized spacial score (nSPS) is 13.2. The van der Waals surface area contributed by atoms with Gasteiger partial charge in [0, 0.05) is 11.6 Å². The number of nitrogens with zero attached hydrogens (tertiary/aromatic N) is 1. The molecule has 1 aromatic carbocycles. The summed E-state index contributed by atoms with van der Waals surface area (Å²) in [4.78, 5) is 15.1. The van der Waals surface area contributed by atoms with Crippen LogP contribution in [-0.4, -0.2) is 30.5 Å². The highest BCUT2D eigenvalue weighted by Crippen LogP contribution is 2.17. The molecule has 1 atom stereocenters. The zero-order valence-corrected chi connectivity index (χ0v) is 12.3. The van der Waals surface area contributed by atoms with Crippen molar-refractivity contribution in [3.8, 4) is 0 Å². The summed E-state index contributed by atoms with van der Waals surface area (Å²) in [5.41, 5.74) is 0.680. The summed E-state index contributed by atoms with van der Waals surface area (Å²) < 4.78 is 26.7. The summed E-state index contributed by atoms with van der Waals surface area (Å²) in [6, 6.07) is 7.47. The van der Waals surface area contributed by atoms with Crippen LogP contribution in [-0.2, 0) is 14.8 Å². The van der Waals surface area contributed by atoms with Crippen LogP contribution in [0.5, 0.6) is 0 Å². The van der Waals surface area contributed by atoms with Gasteiger partial charge in [0.1, 0.15) is 10.9 Å². The topological polar surface area (TPSA) is 96.4 Å². The number of aliphatic carboxylic acids is 1. The zero-order valence-electron chi connectivity index (χ0n) is 11.5. The zero-order chi connectivity index (χ0) is 15.5. The van der Waals surface area contributed by atoms with E-state index >= 15 is 0 Å². The molecule has 0 fully saturated rings. The molecule has 21 heavy (non-hydrogen) atoms. The number of benzene rings is 1. The van der Waals surface area contributed by atoms with E-state index in [9.17, 15) is 13.2 Å². The molecule has 7 heteroatoms. The number of nitrogens with one attached hydrogen (secondary N) is 1. The van der Waals surface area contributed by atoms with Crippen molar-refractivity contribution in [3.05, 3.63) is 36.5 Å². The molecule has 0 bridgehead atoms. The maximum atomic E-state index is 12.3. The second-order valence-electron chi connectivity index (χ2n) is 4.66. The standard InChI is InChI=1S/C14H16N2O4S/c1-2-5-13(14(17)18)16-21(19,20)11-8-10-6-3-4-7-12(10)15-9-11/h3-4,6-9,13,16H,2,5H2,1H3,(H,17,18). The van der Waals surface area contributed by atoms with Crippen molar-refractivity contribution in [2.24, 2.45) is 0 Å². The monoisotopic (exact) mass is 308 g/mol. The van der Waals surface area contributed by atoms with Crippen molar-refractivity contribution < 1.29 is 18.3 Å². The second kappa shape index (κ2) is 6.19. The average molecular weight is 308 g/mol. The van der Waals surface area contributed by atoms with Crippen molar-refractivity contribution in [3.63, 3.8) is 0 Å². The fourth-order valence-electron chi connectivity index (χ4n) is 1.97. The molecule has 1 heterocycles. The Balaban J connectivity index is 2.34. The number of aromatic nitrogens is 1. The lowest BCUT2D eigenvalue weighted by Crippen LogP contribution is -2.40. The van der Waals surface area contributed by atoms with Crippen LogP contribution >= 0.6 is 0 Å². The number of para-hydroxylation sites is 1. The Morgan fingerprint density at radius 1 is 1.38 bits per heavy atom. The highest BCUT2D eigenvalue weighted by molar-refractivity contribution is 7.89. The first-order valence-electron chi connectivity index (χ1n) is 6.54. The Hall–Kier alpha value is -1.99. The smallest absolute Gasteiger partial charge is 0.321 e. The van der Waals surface area contributed by atoms with Gasteiger partial charge in [0.25, 0.3) is 0 Å². The van der Waals surface area contributed by atoms with Gasteiger partial charge < -0.3 is 5.11 Å². The van der Waals surface area contributed by atoms with Crippen LogP contribution < -0.4 is 4.72 Å². The minimum absolute atomic E-state index is 0.0384. The molecular weight excluding hydrogens is 292 g/mol. The van der Waals surface area contributed by atoms with Crippen LogP contribution in [0.25, 0.3) is 10.9 Å². The lowest BCUT2D eigenvalue weighted by Gasteiger charge is -2.14. The number of carboxylic acids is 1. The maximum Gasteiger partial charge on any atom is 0.321 e. The molecule has 2 N–H and O–H groups in total. The lowest BCUT2D eigenvalue weighted by molar-refractivity contribution is -0.139. The van der Waals surface area contributed by atoms with Gasteiger partial charge in [-0.25, -0.2) is 8.42 Å². The molecular formula is C14H16N2O4S. The molecule has 2 rings (SSSR count). The third-order valence-corrected chi connectivity index (χ3v) is 4.49. The van der Waals surface area contributed by atoms with E-state index in [4.69, 9.17) is 5.11 Å². The van der Waals surface area contributed by atoms with Gasteiger partial charge in [0.05, 0.1) is 5.52 Å². The maximum absolute atomic E-state index is 12.3. The largest absolute Gasteiger partial charge is 0.480 e. The number of hydrogen-bond donors (Lipinski definition) is 2. The van der Waals surface area contributed by atoms with Crippen LogP contribution in [0.15, 0.2) is 41.4 Å². The summed E-state index contributed by atoms with van der Waals surface area (Å²) in [5.74, 6) is -1.19. The van der Waals surface area contributed by atoms with Gasteiger partial charge in [-0.05, 0) is 18.6 Å². The summed E-state index contributed by atoms with van der Waals surface area (Å²) in [6.45, 7) is 1.79. The molecule has 0 saturated carbocycles. The van der Waals surface area contributed by atoms with Crippen molar-refractivity contribution in [2.45, 2.75) is 30.7 Å². The number of carbonyl (C=O) groups is 1. The number of rotatable bonds is 6. The highest BCUT2D eigenvalue weighted by atomic mass is 32.2. The Labute approximate surface area is 122 Å². The Bertz CT molecular complexity index is 758. The van der Waals surface area contributed by atoms with Crippen LogP contribution in [0, 0.1) is 0 Å². The molecule has 0 amide bonds. The first-order valence-corrected chi connectivity index (χ1v) is 8.02. The number of fused-ring (bicyclic) bond motifs is 1. The fraction of sp³-hybridized carbons (Fsp3) is 0.286. The Kier molecular flexibility index (Phi) is 4.54. The van der Waals surface area contributed by atoms with E-state index in [2.05, 4.69) is 9.71 Å². The van der Waals surface area contributed by atoms with Crippen LogP contribution in [0.3, 0.4) is 0 Å². The van der Waals surface area contributed by atoms with Crippen LogP contribution in [0.4, 0.5) is 0 Å². The second-order valence-corrected chi connectivity index (χ2v) is 6.38. The van der Waals surface area contributed by atoms with Gasteiger partial charge in [-0.1, -0.05) is 31.5 Å². The lowest BCUT2D eigenvalue weighted by atomic mass is 10.2. The number of hydrogen-bond acceptors (Lipinski definition) is 4. The SMILES string of the molecule is CCCC(NS(=O)(=O)c1cnc2ccccc2c1)C(=O)O. The van der Waals surface area contributed by atoms with E-state index in [1.54, 1.807) is 25.1 Å². The number of carboxylic acid groups (broad SMARTS) is 1. The first-order chi connectivity index (χ1) is 9.94. The molecule has 0 saturated heterocycles. The van der Waals surface area contributed by atoms with Gasteiger partial charge >= 0.3 is 5.97 Å². The van der Waals surface area contributed by atoms with Crippen molar-refractivity contribution >= 4 is 26.9 Å². The van der Waals surface area contributed by atoms with Gasteiger partial charge in [0.2, 0.25) is 10.0 Å². The number of pyridine rings is 1. The predicted molar refractivity (Wildman–Crippen MR) is 78.4 cm³/mol. The average Bonchev–Trinajstić information content (AvgIpc) is 2.46. The fourth-order valence-corrected chi connectivity index (χ4v) is 3.18. The van der Waals surface area contributed by atoms with E-state index in [1.807, 2.05) is 6.07 Å². The van der Waals surface area contributed by atoms with Gasteiger partial charge in [-0.15, -0.1) is 0 Å². The third-order valence-electron chi connectivity index (χ3n) is 3.05. The van der Waals surface area contributed by atoms with Crippen LogP contribution in [0.1, 0.15) is 19.8 Å². The molecule has 0 aliphatic carbocycles. The summed E-state index contributed by atoms with van der Waals surface area (Å²) >= 11 is 0. The summed E-state index contributed by atoms with van der Waals surface area (Å²) in [7, 11) is -3.91. The molecule has 6 nitrogen and oxygen atoms in total.